The summed E-state index contributed by atoms with van der Waals surface area (Å²) < 4.78 is 3.80. The lowest BCUT2D eigenvalue weighted by Gasteiger charge is -2.11. The first-order valence-electron chi connectivity index (χ1n) is 6.15. The highest BCUT2D eigenvalue weighted by molar-refractivity contribution is 7.08. The van der Waals surface area contributed by atoms with Gasteiger partial charge in [-0.1, -0.05) is 30.0 Å². The van der Waals surface area contributed by atoms with Crippen molar-refractivity contribution >= 4 is 23.4 Å². The largest absolute Gasteiger partial charge is 0.481 e. The molecule has 1 aromatic rings. The van der Waals surface area contributed by atoms with Gasteiger partial charge in [-0.05, 0) is 24.4 Å². The quantitative estimate of drug-likeness (QED) is 0.792. The van der Waals surface area contributed by atoms with Crippen molar-refractivity contribution in [3.63, 3.8) is 0 Å². The molecule has 0 spiro atoms. The summed E-state index contributed by atoms with van der Waals surface area (Å²) in [7, 11) is 0. The van der Waals surface area contributed by atoms with Crippen LogP contribution in [0.25, 0.3) is 0 Å². The average molecular weight is 281 g/mol. The molecular weight excluding hydrogens is 266 g/mol. The molecule has 1 heterocycles. The summed E-state index contributed by atoms with van der Waals surface area (Å²) in [4.78, 5) is 23.4. The highest BCUT2D eigenvalue weighted by Crippen LogP contribution is 2.19. The molecule has 102 valence electrons. The predicted molar refractivity (Wildman–Crippen MR) is 70.0 cm³/mol. The maximum absolute atomic E-state index is 12.1. The van der Waals surface area contributed by atoms with Gasteiger partial charge in [-0.15, -0.1) is 5.10 Å². The molecule has 1 aliphatic carbocycles. The molecule has 7 heteroatoms. The molecule has 0 saturated heterocycles. The number of amides is 1. The molecule has 2 N–H and O–H groups in total. The van der Waals surface area contributed by atoms with Crippen LogP contribution in [0.1, 0.15) is 35.1 Å². The van der Waals surface area contributed by atoms with Crippen LogP contribution in [0.2, 0.25) is 0 Å². The van der Waals surface area contributed by atoms with E-state index in [1.807, 2.05) is 6.92 Å². The summed E-state index contributed by atoms with van der Waals surface area (Å²) in [5, 5.41) is 15.6. The van der Waals surface area contributed by atoms with Crippen LogP contribution >= 0.6 is 11.5 Å². The summed E-state index contributed by atoms with van der Waals surface area (Å²) in [5.41, 5.74) is 0.710. The molecule has 2 atom stereocenters. The van der Waals surface area contributed by atoms with Gasteiger partial charge in [-0.2, -0.15) is 0 Å². The Morgan fingerprint density at radius 1 is 1.53 bits per heavy atom. The number of hydrogen-bond acceptors (Lipinski definition) is 5. The number of carbonyl (C=O) groups excluding carboxylic acids is 1. The van der Waals surface area contributed by atoms with E-state index < -0.39 is 11.9 Å². The van der Waals surface area contributed by atoms with Gasteiger partial charge in [-0.3, -0.25) is 9.59 Å². The number of carbonyl (C=O) groups is 2. The van der Waals surface area contributed by atoms with Gasteiger partial charge in [-0.25, -0.2) is 0 Å². The number of rotatable bonds is 5. The van der Waals surface area contributed by atoms with Gasteiger partial charge in [0.25, 0.3) is 5.91 Å². The van der Waals surface area contributed by atoms with Crippen molar-refractivity contribution < 1.29 is 14.7 Å². The summed E-state index contributed by atoms with van der Waals surface area (Å²) in [5.74, 6) is -1.60. The topological polar surface area (TPSA) is 92.2 Å². The van der Waals surface area contributed by atoms with Gasteiger partial charge in [0.2, 0.25) is 0 Å². The second kappa shape index (κ2) is 5.92. The Labute approximate surface area is 114 Å². The molecule has 0 aliphatic heterocycles. The van der Waals surface area contributed by atoms with Crippen LogP contribution in [0.5, 0.6) is 0 Å². The van der Waals surface area contributed by atoms with Gasteiger partial charge in [0.1, 0.15) is 4.88 Å². The molecule has 0 saturated carbocycles. The Morgan fingerprint density at radius 3 is 2.95 bits per heavy atom. The summed E-state index contributed by atoms with van der Waals surface area (Å²) in [6.07, 6.45) is 5.36. The van der Waals surface area contributed by atoms with Gasteiger partial charge in [0, 0.05) is 6.04 Å². The zero-order valence-electron chi connectivity index (χ0n) is 10.5. The van der Waals surface area contributed by atoms with Crippen molar-refractivity contribution in [3.8, 4) is 0 Å². The normalized spacial score (nSPS) is 21.5. The molecule has 1 amide bonds. The molecule has 1 aromatic heterocycles. The first kappa shape index (κ1) is 13.7. The molecule has 0 radical (unpaired) electrons. The number of nitrogens with zero attached hydrogens (tertiary/aromatic N) is 2. The van der Waals surface area contributed by atoms with Crippen molar-refractivity contribution in [2.75, 3.05) is 0 Å². The zero-order chi connectivity index (χ0) is 13.8. The Hall–Kier alpha value is -1.76. The first-order chi connectivity index (χ1) is 9.11. The molecule has 1 aliphatic rings. The van der Waals surface area contributed by atoms with Crippen molar-refractivity contribution in [1.29, 1.82) is 0 Å². The zero-order valence-corrected chi connectivity index (χ0v) is 11.3. The molecule has 0 fully saturated rings. The van der Waals surface area contributed by atoms with E-state index in [0.29, 0.717) is 17.0 Å². The third kappa shape index (κ3) is 3.17. The Kier molecular flexibility index (Phi) is 4.26. The minimum atomic E-state index is -0.862. The fraction of sp³-hybridized carbons (Fsp3) is 0.500. The maximum atomic E-state index is 12.1. The highest BCUT2D eigenvalue weighted by atomic mass is 32.1. The molecule has 6 nitrogen and oxygen atoms in total. The maximum Gasteiger partial charge on any atom is 0.310 e. The van der Waals surface area contributed by atoms with Crippen molar-refractivity contribution in [2.24, 2.45) is 5.92 Å². The molecule has 19 heavy (non-hydrogen) atoms. The fourth-order valence-electron chi connectivity index (χ4n) is 2.00. The number of hydrogen-bond donors (Lipinski definition) is 2. The second-order valence-corrected chi connectivity index (χ2v) is 5.20. The lowest BCUT2D eigenvalue weighted by molar-refractivity contribution is -0.140. The van der Waals surface area contributed by atoms with E-state index in [0.717, 1.165) is 24.4 Å². The number of nitrogens with one attached hydrogen (secondary N) is 1. The number of carboxylic acid groups (broad SMARTS) is 1. The predicted octanol–water partition coefficient (Wildman–Crippen LogP) is 1.25. The van der Waals surface area contributed by atoms with Gasteiger partial charge >= 0.3 is 5.97 Å². The smallest absolute Gasteiger partial charge is 0.310 e. The SMILES string of the molecule is CCCc1nnsc1C(=O)NC1C=CC(C(=O)O)C1. The number of aryl methyl sites for hydroxylation is 1. The van der Waals surface area contributed by atoms with Gasteiger partial charge in [0.15, 0.2) is 0 Å². The van der Waals surface area contributed by atoms with Crippen LogP contribution in [-0.4, -0.2) is 32.6 Å². The molecule has 0 aromatic carbocycles. The summed E-state index contributed by atoms with van der Waals surface area (Å²) in [6.45, 7) is 2.01. The molecule has 2 unspecified atom stereocenters. The number of carboxylic acids is 1. The standard InChI is InChI=1S/C12H15N3O3S/c1-2-3-9-10(19-15-14-9)11(16)13-8-5-4-7(6-8)12(17)18/h4-5,7-8H,2-3,6H2,1H3,(H,13,16)(H,17,18). The van der Waals surface area contributed by atoms with Crippen molar-refractivity contribution in [1.82, 2.24) is 14.9 Å². The van der Waals surface area contributed by atoms with E-state index in [9.17, 15) is 9.59 Å². The van der Waals surface area contributed by atoms with E-state index in [1.165, 1.54) is 0 Å². The minimum absolute atomic E-state index is 0.223. The van der Waals surface area contributed by atoms with E-state index in [-0.39, 0.29) is 11.9 Å². The Balaban J connectivity index is 1.97. The van der Waals surface area contributed by atoms with Gasteiger partial charge in [0.05, 0.1) is 11.6 Å². The van der Waals surface area contributed by atoms with Crippen LogP contribution in [0.15, 0.2) is 12.2 Å². The first-order valence-corrected chi connectivity index (χ1v) is 6.92. The van der Waals surface area contributed by atoms with E-state index in [2.05, 4.69) is 14.9 Å². The fourth-order valence-corrected chi connectivity index (χ4v) is 2.62. The Morgan fingerprint density at radius 2 is 2.32 bits per heavy atom. The summed E-state index contributed by atoms with van der Waals surface area (Å²) in [6, 6.07) is -0.231. The van der Waals surface area contributed by atoms with Crippen LogP contribution in [0, 0.1) is 5.92 Å². The number of aliphatic carboxylic acids is 1. The minimum Gasteiger partial charge on any atom is -0.481 e. The van der Waals surface area contributed by atoms with Crippen LogP contribution < -0.4 is 5.32 Å². The van der Waals surface area contributed by atoms with Gasteiger partial charge < -0.3 is 10.4 Å². The average Bonchev–Trinajstić information content (AvgIpc) is 2.98. The lowest BCUT2D eigenvalue weighted by Crippen LogP contribution is -2.33. The Bertz CT molecular complexity index is 512. The second-order valence-electron chi connectivity index (χ2n) is 4.44. The van der Waals surface area contributed by atoms with E-state index in [1.54, 1.807) is 12.2 Å². The monoisotopic (exact) mass is 281 g/mol. The van der Waals surface area contributed by atoms with Crippen LogP contribution in [0.3, 0.4) is 0 Å². The van der Waals surface area contributed by atoms with E-state index in [4.69, 9.17) is 5.11 Å². The van der Waals surface area contributed by atoms with Crippen LogP contribution in [-0.2, 0) is 11.2 Å². The third-order valence-corrected chi connectivity index (χ3v) is 3.73. The summed E-state index contributed by atoms with van der Waals surface area (Å²) >= 11 is 1.07. The van der Waals surface area contributed by atoms with Crippen molar-refractivity contribution in [2.45, 2.75) is 32.2 Å². The molecule has 0 bridgehead atoms. The highest BCUT2D eigenvalue weighted by Gasteiger charge is 2.26. The number of aromatic nitrogens is 2. The van der Waals surface area contributed by atoms with Crippen molar-refractivity contribution in [3.05, 3.63) is 22.7 Å². The van der Waals surface area contributed by atoms with Crippen LogP contribution in [0.4, 0.5) is 0 Å². The third-order valence-electron chi connectivity index (χ3n) is 2.97. The van der Waals surface area contributed by atoms with E-state index >= 15 is 0 Å². The molecular formula is C12H15N3O3S. The molecule has 2 rings (SSSR count). The lowest BCUT2D eigenvalue weighted by atomic mass is 10.1.